The Morgan fingerprint density at radius 1 is 1.36 bits per heavy atom. The molecule has 5 nitrogen and oxygen atoms in total. The number of fused-ring (bicyclic) bond motifs is 1. The second kappa shape index (κ2) is 5.31. The number of pyridine rings is 1. The highest BCUT2D eigenvalue weighted by atomic mass is 32.2. The zero-order valence-corrected chi connectivity index (χ0v) is 13.3. The largest absolute Gasteiger partial charge is 0.456 e. The number of carbonyl (C=O) groups is 1. The summed E-state index contributed by atoms with van der Waals surface area (Å²) in [5.41, 5.74) is 1.55. The Morgan fingerprint density at radius 2 is 2.27 bits per heavy atom. The van der Waals surface area contributed by atoms with Crippen LogP contribution in [0.25, 0.3) is 27.6 Å². The van der Waals surface area contributed by atoms with Crippen LogP contribution in [0.4, 0.5) is 0 Å². The summed E-state index contributed by atoms with van der Waals surface area (Å²) in [6.45, 7) is 0. The van der Waals surface area contributed by atoms with E-state index < -0.39 is 0 Å². The van der Waals surface area contributed by atoms with Gasteiger partial charge in [0.1, 0.15) is 20.7 Å². The van der Waals surface area contributed by atoms with Gasteiger partial charge in [-0.25, -0.2) is 4.98 Å². The van der Waals surface area contributed by atoms with Crippen molar-refractivity contribution >= 4 is 62.6 Å². The lowest BCUT2D eigenvalue weighted by Crippen LogP contribution is -2.17. The molecule has 0 radical (unpaired) electrons. The van der Waals surface area contributed by atoms with Crippen LogP contribution in [0.1, 0.15) is 5.76 Å². The minimum absolute atomic E-state index is 0.200. The normalized spacial score (nSPS) is 16.6. The van der Waals surface area contributed by atoms with Gasteiger partial charge in [0.05, 0.1) is 10.5 Å². The van der Waals surface area contributed by atoms with E-state index in [2.05, 4.69) is 15.3 Å². The Hall–Kier alpha value is -2.03. The van der Waals surface area contributed by atoms with Crippen LogP contribution in [0.15, 0.2) is 39.4 Å². The number of hydrogen-bond acceptors (Lipinski definition) is 7. The molecule has 4 rings (SSSR count). The van der Waals surface area contributed by atoms with E-state index in [9.17, 15) is 4.79 Å². The zero-order valence-electron chi connectivity index (χ0n) is 10.9. The summed E-state index contributed by atoms with van der Waals surface area (Å²) >= 11 is 7.72. The molecule has 1 saturated heterocycles. The van der Waals surface area contributed by atoms with Gasteiger partial charge in [0, 0.05) is 35.4 Å². The number of thiocarbonyl (C=S) groups is 1. The van der Waals surface area contributed by atoms with Crippen molar-refractivity contribution in [2.45, 2.75) is 0 Å². The van der Waals surface area contributed by atoms with E-state index >= 15 is 0 Å². The first-order chi connectivity index (χ1) is 10.7. The van der Waals surface area contributed by atoms with E-state index in [4.69, 9.17) is 16.6 Å². The third kappa shape index (κ3) is 2.35. The fourth-order valence-electron chi connectivity index (χ4n) is 2.11. The molecule has 0 aromatic carbocycles. The van der Waals surface area contributed by atoms with Crippen molar-refractivity contribution in [3.8, 4) is 10.6 Å². The molecule has 0 atom stereocenters. The number of hydrogen-bond donors (Lipinski definition) is 1. The fourth-order valence-corrected chi connectivity index (χ4v) is 3.78. The van der Waals surface area contributed by atoms with Gasteiger partial charge < -0.3 is 9.73 Å². The molecule has 0 aliphatic carbocycles. The van der Waals surface area contributed by atoms with Crippen LogP contribution >= 0.6 is 35.3 Å². The van der Waals surface area contributed by atoms with Crippen LogP contribution in [0.2, 0.25) is 0 Å². The Bertz CT molecular complexity index is 928. The summed E-state index contributed by atoms with van der Waals surface area (Å²) in [7, 11) is 0. The monoisotopic (exact) mass is 345 g/mol. The van der Waals surface area contributed by atoms with Gasteiger partial charge in [-0.15, -0.1) is 11.3 Å². The minimum atomic E-state index is -0.200. The van der Waals surface area contributed by atoms with Crippen molar-refractivity contribution in [3.05, 3.63) is 40.7 Å². The molecular weight excluding hydrogens is 338 g/mol. The molecule has 1 aliphatic heterocycles. The highest BCUT2D eigenvalue weighted by Crippen LogP contribution is 2.33. The van der Waals surface area contributed by atoms with E-state index in [1.165, 1.54) is 23.1 Å². The van der Waals surface area contributed by atoms with Gasteiger partial charge in [0.25, 0.3) is 5.91 Å². The van der Waals surface area contributed by atoms with Gasteiger partial charge in [-0.05, 0) is 6.07 Å². The summed E-state index contributed by atoms with van der Waals surface area (Å²) in [5.74, 6) is 0.386. The van der Waals surface area contributed by atoms with Crippen molar-refractivity contribution in [1.29, 1.82) is 0 Å². The number of carbonyl (C=O) groups excluding carboxylic acids is 1. The molecule has 8 heteroatoms. The van der Waals surface area contributed by atoms with E-state index in [0.29, 0.717) is 20.6 Å². The lowest BCUT2D eigenvalue weighted by molar-refractivity contribution is -0.115. The lowest BCUT2D eigenvalue weighted by atomic mass is 10.2. The maximum atomic E-state index is 11.7. The Kier molecular flexibility index (Phi) is 3.29. The van der Waals surface area contributed by atoms with Crippen molar-refractivity contribution in [3.63, 3.8) is 0 Å². The number of furan rings is 1. The molecule has 3 aromatic heterocycles. The zero-order chi connectivity index (χ0) is 15.1. The first kappa shape index (κ1) is 13.6. The topological polar surface area (TPSA) is 68.0 Å². The van der Waals surface area contributed by atoms with Crippen molar-refractivity contribution in [2.24, 2.45) is 0 Å². The van der Waals surface area contributed by atoms with Crippen molar-refractivity contribution in [2.75, 3.05) is 0 Å². The van der Waals surface area contributed by atoms with E-state index in [-0.39, 0.29) is 5.91 Å². The van der Waals surface area contributed by atoms with Crippen LogP contribution < -0.4 is 5.32 Å². The summed E-state index contributed by atoms with van der Waals surface area (Å²) < 4.78 is 6.34. The maximum absolute atomic E-state index is 11.7. The number of aromatic nitrogens is 2. The molecule has 3 aromatic rings. The number of rotatable bonds is 2. The molecule has 0 spiro atoms. The third-order valence-electron chi connectivity index (χ3n) is 3.02. The van der Waals surface area contributed by atoms with Crippen molar-refractivity contribution in [1.82, 2.24) is 15.3 Å². The second-order valence-electron chi connectivity index (χ2n) is 4.44. The highest BCUT2D eigenvalue weighted by Gasteiger charge is 2.23. The summed E-state index contributed by atoms with van der Waals surface area (Å²) in [6, 6.07) is 1.85. The van der Waals surface area contributed by atoms with Crippen LogP contribution in [0, 0.1) is 0 Å². The third-order valence-corrected chi connectivity index (χ3v) is 4.99. The maximum Gasteiger partial charge on any atom is 0.263 e. The molecule has 1 N–H and O–H groups in total. The van der Waals surface area contributed by atoms with Crippen LogP contribution in [-0.4, -0.2) is 20.2 Å². The number of nitrogens with zero attached hydrogens (tertiary/aromatic N) is 2. The summed E-state index contributed by atoms with van der Waals surface area (Å²) in [4.78, 5) is 20.7. The van der Waals surface area contributed by atoms with Gasteiger partial charge >= 0.3 is 0 Å². The first-order valence-corrected chi connectivity index (χ1v) is 8.33. The van der Waals surface area contributed by atoms with E-state index in [1.807, 2.05) is 11.4 Å². The van der Waals surface area contributed by atoms with Crippen LogP contribution in [0.5, 0.6) is 0 Å². The summed E-state index contributed by atoms with van der Waals surface area (Å²) in [5, 5.41) is 6.20. The average Bonchev–Trinajstić information content (AvgIpc) is 3.19. The second-order valence-corrected chi connectivity index (χ2v) is 7.06. The molecule has 108 valence electrons. The van der Waals surface area contributed by atoms with Gasteiger partial charge in [0.15, 0.2) is 0 Å². The Morgan fingerprint density at radius 3 is 3.00 bits per heavy atom. The first-order valence-electron chi connectivity index (χ1n) is 6.23. The number of thioether (sulfide) groups is 1. The lowest BCUT2D eigenvalue weighted by Gasteiger charge is -1.96. The Labute approximate surface area is 138 Å². The minimum Gasteiger partial charge on any atom is -0.456 e. The molecular formula is C14H7N3O2S3. The SMILES string of the molecule is O=C1NC(=S)S/C1=C/c1cc2cncc(-c3nccs3)c2o1. The van der Waals surface area contributed by atoms with Crippen molar-refractivity contribution < 1.29 is 9.21 Å². The molecule has 0 saturated carbocycles. The van der Waals surface area contributed by atoms with Gasteiger partial charge in [-0.1, -0.05) is 24.0 Å². The molecule has 1 fully saturated rings. The summed E-state index contributed by atoms with van der Waals surface area (Å²) in [6.07, 6.45) is 6.88. The molecule has 0 unspecified atom stereocenters. The van der Waals surface area contributed by atoms with Gasteiger partial charge in [0.2, 0.25) is 0 Å². The predicted molar refractivity (Wildman–Crippen MR) is 91.4 cm³/mol. The standard InChI is InChI=1S/C14H7N3O2S3/c18-12-10(22-14(20)17-12)4-8-3-7-5-15-6-9(11(7)19-8)13-16-1-2-21-13/h1-6H,(H,17,18,20)/b10-4+. The molecule has 4 heterocycles. The fraction of sp³-hybridized carbons (Fsp3) is 0. The van der Waals surface area contributed by atoms with Gasteiger partial charge in [-0.2, -0.15) is 0 Å². The number of amides is 1. The van der Waals surface area contributed by atoms with E-state index in [0.717, 1.165) is 16.0 Å². The number of nitrogens with one attached hydrogen (secondary N) is 1. The van der Waals surface area contributed by atoms with E-state index in [1.54, 1.807) is 24.7 Å². The number of thiazole rings is 1. The predicted octanol–water partition coefficient (Wildman–Crippen LogP) is 3.44. The average molecular weight is 345 g/mol. The molecule has 22 heavy (non-hydrogen) atoms. The molecule has 0 bridgehead atoms. The van der Waals surface area contributed by atoms with Gasteiger partial charge in [-0.3, -0.25) is 9.78 Å². The molecule has 1 aliphatic rings. The smallest absolute Gasteiger partial charge is 0.263 e. The van der Waals surface area contributed by atoms with Crippen LogP contribution in [-0.2, 0) is 4.79 Å². The highest BCUT2D eigenvalue weighted by molar-refractivity contribution is 8.26. The van der Waals surface area contributed by atoms with Crippen LogP contribution in [0.3, 0.4) is 0 Å². The molecule has 1 amide bonds. The quantitative estimate of drug-likeness (QED) is 0.567. The Balaban J connectivity index is 1.82.